The van der Waals surface area contributed by atoms with Crippen molar-refractivity contribution in [3.63, 3.8) is 0 Å². The Balaban J connectivity index is 2.39. The van der Waals surface area contributed by atoms with Crippen molar-refractivity contribution in [1.29, 1.82) is 0 Å². The molecule has 0 spiro atoms. The van der Waals surface area contributed by atoms with Crippen molar-refractivity contribution in [2.45, 2.75) is 17.4 Å². The van der Waals surface area contributed by atoms with Crippen LogP contribution in [-0.4, -0.2) is 41.0 Å². The molecule has 1 saturated heterocycles. The number of anilines is 2. The van der Waals surface area contributed by atoms with Gasteiger partial charge in [-0.15, -0.1) is 0 Å². The number of sulfone groups is 1. The van der Waals surface area contributed by atoms with Gasteiger partial charge in [-0.25, -0.2) is 8.42 Å². The van der Waals surface area contributed by atoms with Gasteiger partial charge in [0.2, 0.25) is 0 Å². The van der Waals surface area contributed by atoms with E-state index in [1.807, 2.05) is 18.0 Å². The molecule has 100 valence electrons. The van der Waals surface area contributed by atoms with E-state index < -0.39 is 9.84 Å². The first-order valence-electron chi connectivity index (χ1n) is 5.80. The van der Waals surface area contributed by atoms with Gasteiger partial charge in [-0.3, -0.25) is 0 Å². The molecule has 6 heteroatoms. The fourth-order valence-electron chi connectivity index (χ4n) is 2.19. The number of hydrogen-bond donors (Lipinski definition) is 1. The van der Waals surface area contributed by atoms with Crippen LogP contribution in [0.2, 0.25) is 0 Å². The Morgan fingerprint density at radius 2 is 2.17 bits per heavy atom. The highest BCUT2D eigenvalue weighted by Crippen LogP contribution is 2.31. The standard InChI is InChI=1S/C12H18N2O3S/c1-14(9-6-7-17-8-9)10-4-3-5-11(12(10)13)18(2,15)16/h3-5,9H,6-8,13H2,1-2H3. The molecule has 1 aliphatic heterocycles. The normalized spacial score (nSPS) is 20.0. The Kier molecular flexibility index (Phi) is 3.49. The number of para-hydroxylation sites is 1. The zero-order valence-electron chi connectivity index (χ0n) is 10.6. The maximum atomic E-state index is 11.6. The molecule has 2 N–H and O–H groups in total. The molecule has 1 aromatic carbocycles. The molecule has 0 aliphatic carbocycles. The molecular formula is C12H18N2O3S. The zero-order valence-corrected chi connectivity index (χ0v) is 11.4. The number of ether oxygens (including phenoxy) is 1. The minimum absolute atomic E-state index is 0.186. The molecule has 5 nitrogen and oxygen atoms in total. The summed E-state index contributed by atoms with van der Waals surface area (Å²) in [6, 6.07) is 5.34. The van der Waals surface area contributed by atoms with Gasteiger partial charge >= 0.3 is 0 Å². The summed E-state index contributed by atoms with van der Waals surface area (Å²) in [5, 5.41) is 0. The number of nitrogens with zero attached hydrogens (tertiary/aromatic N) is 1. The number of hydrogen-bond acceptors (Lipinski definition) is 5. The molecule has 0 saturated carbocycles. The molecule has 0 aromatic heterocycles. The molecular weight excluding hydrogens is 252 g/mol. The van der Waals surface area contributed by atoms with Crippen LogP contribution >= 0.6 is 0 Å². The Bertz CT molecular complexity index is 536. The monoisotopic (exact) mass is 270 g/mol. The van der Waals surface area contributed by atoms with E-state index in [0.717, 1.165) is 18.7 Å². The van der Waals surface area contributed by atoms with Crippen LogP contribution in [0.15, 0.2) is 23.1 Å². The first-order valence-corrected chi connectivity index (χ1v) is 7.69. The summed E-state index contributed by atoms with van der Waals surface area (Å²) in [7, 11) is -1.38. The molecule has 1 heterocycles. The smallest absolute Gasteiger partial charge is 0.177 e. The van der Waals surface area contributed by atoms with E-state index in [2.05, 4.69) is 0 Å². The third-order valence-electron chi connectivity index (χ3n) is 3.28. The lowest BCUT2D eigenvalue weighted by atomic mass is 10.2. The van der Waals surface area contributed by atoms with Crippen molar-refractivity contribution in [3.8, 4) is 0 Å². The number of benzene rings is 1. The van der Waals surface area contributed by atoms with E-state index in [4.69, 9.17) is 10.5 Å². The van der Waals surface area contributed by atoms with Crippen LogP contribution in [0.25, 0.3) is 0 Å². The fourth-order valence-corrected chi connectivity index (χ4v) is 3.02. The van der Waals surface area contributed by atoms with Crippen LogP contribution < -0.4 is 10.6 Å². The van der Waals surface area contributed by atoms with Gasteiger partial charge in [-0.1, -0.05) is 6.07 Å². The molecule has 1 fully saturated rings. The first-order chi connectivity index (χ1) is 8.41. The highest BCUT2D eigenvalue weighted by atomic mass is 32.2. The highest BCUT2D eigenvalue weighted by molar-refractivity contribution is 7.90. The first kappa shape index (κ1) is 13.2. The van der Waals surface area contributed by atoms with Gasteiger partial charge in [0.15, 0.2) is 9.84 Å². The van der Waals surface area contributed by atoms with Crippen LogP contribution in [0.3, 0.4) is 0 Å². The van der Waals surface area contributed by atoms with E-state index in [1.54, 1.807) is 6.07 Å². The maximum Gasteiger partial charge on any atom is 0.177 e. The van der Waals surface area contributed by atoms with E-state index in [-0.39, 0.29) is 10.9 Å². The molecule has 1 aromatic rings. The zero-order chi connectivity index (χ0) is 13.3. The second kappa shape index (κ2) is 4.78. The minimum Gasteiger partial charge on any atom is -0.396 e. The second-order valence-corrected chi connectivity index (χ2v) is 6.57. The Hall–Kier alpha value is -1.27. The maximum absolute atomic E-state index is 11.6. The number of rotatable bonds is 3. The lowest BCUT2D eigenvalue weighted by molar-refractivity contribution is 0.193. The van der Waals surface area contributed by atoms with Gasteiger partial charge in [-0.2, -0.15) is 0 Å². The summed E-state index contributed by atoms with van der Waals surface area (Å²) in [6.45, 7) is 1.39. The predicted octanol–water partition coefficient (Wildman–Crippen LogP) is 0.897. The quantitative estimate of drug-likeness (QED) is 0.826. The third kappa shape index (κ3) is 2.44. The van der Waals surface area contributed by atoms with Crippen LogP contribution in [-0.2, 0) is 14.6 Å². The second-order valence-electron chi connectivity index (χ2n) is 4.59. The van der Waals surface area contributed by atoms with Crippen molar-refractivity contribution in [2.75, 3.05) is 37.2 Å². The van der Waals surface area contributed by atoms with Crippen molar-refractivity contribution in [3.05, 3.63) is 18.2 Å². The van der Waals surface area contributed by atoms with Crippen molar-refractivity contribution in [2.24, 2.45) is 0 Å². The summed E-state index contributed by atoms with van der Waals surface area (Å²) in [5.41, 5.74) is 7.03. The molecule has 0 bridgehead atoms. The SMILES string of the molecule is CN(c1cccc(S(C)(=O)=O)c1N)C1CCOC1. The summed E-state index contributed by atoms with van der Waals surface area (Å²) < 4.78 is 28.6. The number of likely N-dealkylation sites (N-methyl/N-ethyl adjacent to an activating group) is 1. The summed E-state index contributed by atoms with van der Waals surface area (Å²) >= 11 is 0. The van der Waals surface area contributed by atoms with E-state index in [1.165, 1.54) is 12.3 Å². The summed E-state index contributed by atoms with van der Waals surface area (Å²) in [5.74, 6) is 0. The highest BCUT2D eigenvalue weighted by Gasteiger charge is 2.23. The van der Waals surface area contributed by atoms with Crippen molar-refractivity contribution in [1.82, 2.24) is 0 Å². The Labute approximate surface area is 107 Å². The van der Waals surface area contributed by atoms with Crippen molar-refractivity contribution >= 4 is 21.2 Å². The lowest BCUT2D eigenvalue weighted by Gasteiger charge is -2.27. The van der Waals surface area contributed by atoms with Crippen LogP contribution in [0.5, 0.6) is 0 Å². The van der Waals surface area contributed by atoms with Gasteiger partial charge in [-0.05, 0) is 18.6 Å². The lowest BCUT2D eigenvalue weighted by Crippen LogP contribution is -2.32. The fraction of sp³-hybridized carbons (Fsp3) is 0.500. The van der Waals surface area contributed by atoms with Crippen LogP contribution in [0.1, 0.15) is 6.42 Å². The van der Waals surface area contributed by atoms with Crippen molar-refractivity contribution < 1.29 is 13.2 Å². The Morgan fingerprint density at radius 1 is 1.44 bits per heavy atom. The Morgan fingerprint density at radius 3 is 2.72 bits per heavy atom. The molecule has 2 rings (SSSR count). The van der Waals surface area contributed by atoms with Gasteiger partial charge in [0.25, 0.3) is 0 Å². The van der Waals surface area contributed by atoms with Crippen LogP contribution in [0, 0.1) is 0 Å². The molecule has 1 unspecified atom stereocenters. The topological polar surface area (TPSA) is 72.6 Å². The third-order valence-corrected chi connectivity index (χ3v) is 4.43. The molecule has 0 radical (unpaired) electrons. The largest absolute Gasteiger partial charge is 0.396 e. The van der Waals surface area contributed by atoms with E-state index >= 15 is 0 Å². The minimum atomic E-state index is -3.30. The number of nitrogens with two attached hydrogens (primary N) is 1. The van der Waals surface area contributed by atoms with Gasteiger partial charge < -0.3 is 15.4 Å². The molecule has 0 amide bonds. The molecule has 1 aliphatic rings. The van der Waals surface area contributed by atoms with E-state index in [9.17, 15) is 8.42 Å². The molecule has 18 heavy (non-hydrogen) atoms. The summed E-state index contributed by atoms with van der Waals surface area (Å²) in [6.07, 6.45) is 2.10. The average molecular weight is 270 g/mol. The van der Waals surface area contributed by atoms with Crippen LogP contribution in [0.4, 0.5) is 11.4 Å². The number of nitrogen functional groups attached to an aromatic ring is 1. The average Bonchev–Trinajstić information content (AvgIpc) is 2.80. The van der Waals surface area contributed by atoms with Gasteiger partial charge in [0.05, 0.1) is 28.9 Å². The van der Waals surface area contributed by atoms with Gasteiger partial charge in [0.1, 0.15) is 0 Å². The van der Waals surface area contributed by atoms with Gasteiger partial charge in [0, 0.05) is 19.9 Å². The summed E-state index contributed by atoms with van der Waals surface area (Å²) in [4.78, 5) is 2.18. The predicted molar refractivity (Wildman–Crippen MR) is 71.6 cm³/mol. The molecule has 1 atom stereocenters. The van der Waals surface area contributed by atoms with E-state index in [0.29, 0.717) is 12.3 Å².